The van der Waals surface area contributed by atoms with Crippen LogP contribution in [0.3, 0.4) is 0 Å². The van der Waals surface area contributed by atoms with Gasteiger partial charge in [0.15, 0.2) is 11.5 Å². The van der Waals surface area contributed by atoms with Gasteiger partial charge in [-0.05, 0) is 145 Å². The molecule has 308 valence electrons. The lowest BCUT2D eigenvalue weighted by molar-refractivity contribution is -0.274. The Balaban J connectivity index is 0.000000237. The molecule has 0 aromatic heterocycles. The van der Waals surface area contributed by atoms with Crippen LogP contribution < -0.4 is 24.3 Å². The van der Waals surface area contributed by atoms with Gasteiger partial charge >= 0.3 is 6.36 Å². The molecule has 6 nitrogen and oxygen atoms in total. The third-order valence-corrected chi connectivity index (χ3v) is 11.4. The van der Waals surface area contributed by atoms with Gasteiger partial charge in [0.1, 0.15) is 11.5 Å². The number of piperidine rings is 1. The van der Waals surface area contributed by atoms with Crippen molar-refractivity contribution in [3.05, 3.63) is 125 Å². The van der Waals surface area contributed by atoms with Crippen molar-refractivity contribution in [2.24, 2.45) is 0 Å². The van der Waals surface area contributed by atoms with E-state index < -0.39 is 6.36 Å². The first-order valence-corrected chi connectivity index (χ1v) is 20.3. The Morgan fingerprint density at radius 2 is 1.36 bits per heavy atom. The minimum atomic E-state index is -4.68. The zero-order valence-electron chi connectivity index (χ0n) is 34.8. The van der Waals surface area contributed by atoms with Gasteiger partial charge in [0.2, 0.25) is 0 Å². The molecule has 1 aliphatic heterocycles. The normalized spacial score (nSPS) is 15.2. The van der Waals surface area contributed by atoms with E-state index in [1.54, 1.807) is 33.5 Å². The third-order valence-electron chi connectivity index (χ3n) is 11.4. The molecule has 5 aromatic rings. The average molecular weight is 795 g/mol. The molecule has 0 amide bonds. The summed E-state index contributed by atoms with van der Waals surface area (Å²) in [7, 11) is 5.16. The molecule has 5 aromatic carbocycles. The van der Waals surface area contributed by atoms with Crippen molar-refractivity contribution in [1.82, 2.24) is 4.90 Å². The van der Waals surface area contributed by atoms with Crippen LogP contribution in [0.5, 0.6) is 23.0 Å². The summed E-state index contributed by atoms with van der Waals surface area (Å²) < 4.78 is 57.9. The second-order valence-electron chi connectivity index (χ2n) is 15.6. The predicted octanol–water partition coefficient (Wildman–Crippen LogP) is 12.7. The summed E-state index contributed by atoms with van der Waals surface area (Å²) in [5, 5.41) is 3.45. The van der Waals surface area contributed by atoms with Crippen molar-refractivity contribution in [1.29, 1.82) is 0 Å². The quantitative estimate of drug-likeness (QED) is 0.128. The number of ether oxygens (including phenoxy) is 4. The number of hydrogen-bond acceptors (Lipinski definition) is 6. The highest BCUT2D eigenvalue weighted by Gasteiger charge is 2.31. The number of rotatable bonds is 13. The molecular weight excluding hydrogens is 738 g/mol. The highest BCUT2D eigenvalue weighted by molar-refractivity contribution is 5.71. The molecule has 2 aliphatic rings. The average Bonchev–Trinajstić information content (AvgIpc) is 4.07. The topological polar surface area (TPSA) is 52.2 Å². The Labute approximate surface area is 342 Å². The fraction of sp³-hybridized carbons (Fsp3) is 0.388. The van der Waals surface area contributed by atoms with E-state index in [1.807, 2.05) is 0 Å². The highest BCUT2D eigenvalue weighted by Crippen LogP contribution is 2.49. The number of anilines is 1. The van der Waals surface area contributed by atoms with E-state index in [0.29, 0.717) is 11.8 Å². The van der Waals surface area contributed by atoms with Gasteiger partial charge < -0.3 is 24.3 Å². The van der Waals surface area contributed by atoms with E-state index in [1.165, 1.54) is 75.0 Å². The van der Waals surface area contributed by atoms with Gasteiger partial charge in [-0.3, -0.25) is 4.90 Å². The number of halogens is 3. The van der Waals surface area contributed by atoms with Crippen LogP contribution in [0.4, 0.5) is 18.9 Å². The van der Waals surface area contributed by atoms with Crippen LogP contribution in [0.2, 0.25) is 0 Å². The molecule has 1 saturated heterocycles. The summed E-state index contributed by atoms with van der Waals surface area (Å²) in [4.78, 5) is 2.46. The Bertz CT molecular complexity index is 2120. The standard InChI is InChI=1S/C31H37F3N2O2.C18H20O2/c1-5-21(2)29-18-25(19-30(37-4)22(29)3)24-8-6-7-23(17-24)20-36-15-13-27(14-16-36)35-26-9-11-28(12-10-26)38-31(32,33)34;1-12-5-4-6-14(9-12)15-10-16(13-7-8-13)18(20-3)17(11-15)19-2/h6-12,17-19,21,27,35H,5,13-16,20H2,1-4H3;4-6,9-11,13H,7-8H2,1-3H3. The molecule has 1 atom stereocenters. The molecule has 1 N–H and O–H groups in total. The number of hydrogen-bond donors (Lipinski definition) is 1. The van der Waals surface area contributed by atoms with Crippen molar-refractivity contribution in [2.75, 3.05) is 39.7 Å². The molecule has 1 unspecified atom stereocenters. The van der Waals surface area contributed by atoms with Gasteiger partial charge in [0.25, 0.3) is 0 Å². The fourth-order valence-electron chi connectivity index (χ4n) is 7.83. The first-order valence-electron chi connectivity index (χ1n) is 20.3. The van der Waals surface area contributed by atoms with Gasteiger partial charge in [0, 0.05) is 36.9 Å². The zero-order chi connectivity index (χ0) is 41.4. The Hall–Kier alpha value is -5.15. The van der Waals surface area contributed by atoms with Crippen LogP contribution in [-0.2, 0) is 6.54 Å². The van der Waals surface area contributed by atoms with E-state index in [4.69, 9.17) is 14.2 Å². The van der Waals surface area contributed by atoms with E-state index in [9.17, 15) is 13.2 Å². The SMILES string of the molecule is CCC(C)c1cc(-c2cccc(CN3CCC(Nc4ccc(OC(F)(F)F)cc4)CC3)c2)cc(OC)c1C.COc1cc(-c2cccc(C)c2)cc(C2CC2)c1OC. The predicted molar refractivity (Wildman–Crippen MR) is 229 cm³/mol. The van der Waals surface area contributed by atoms with Crippen LogP contribution in [0.15, 0.2) is 97.1 Å². The number of methoxy groups -OCH3 is 3. The molecule has 0 spiro atoms. The lowest BCUT2D eigenvalue weighted by atomic mass is 9.90. The molecule has 1 aliphatic carbocycles. The second kappa shape index (κ2) is 19.1. The molecule has 9 heteroatoms. The maximum Gasteiger partial charge on any atom is 0.573 e. The minimum Gasteiger partial charge on any atom is -0.496 e. The lowest BCUT2D eigenvalue weighted by Gasteiger charge is -2.33. The van der Waals surface area contributed by atoms with E-state index in [2.05, 4.69) is 115 Å². The summed E-state index contributed by atoms with van der Waals surface area (Å²) in [5.74, 6) is 3.54. The summed E-state index contributed by atoms with van der Waals surface area (Å²) in [6.45, 7) is 11.5. The number of likely N-dealkylation sites (tertiary alicyclic amines) is 1. The van der Waals surface area contributed by atoms with Gasteiger partial charge in [0.05, 0.1) is 21.3 Å². The minimum absolute atomic E-state index is 0.208. The van der Waals surface area contributed by atoms with Crippen molar-refractivity contribution in [3.8, 4) is 45.3 Å². The van der Waals surface area contributed by atoms with Crippen LogP contribution in [-0.4, -0.2) is 51.7 Å². The van der Waals surface area contributed by atoms with Crippen molar-refractivity contribution in [2.45, 2.75) is 90.6 Å². The first kappa shape index (κ1) is 42.5. The molecule has 0 bridgehead atoms. The fourth-order valence-corrected chi connectivity index (χ4v) is 7.83. The Morgan fingerprint density at radius 3 is 1.97 bits per heavy atom. The van der Waals surface area contributed by atoms with E-state index in [0.717, 1.165) is 61.8 Å². The van der Waals surface area contributed by atoms with Gasteiger partial charge in [-0.25, -0.2) is 0 Å². The van der Waals surface area contributed by atoms with Crippen LogP contribution >= 0.6 is 0 Å². The monoisotopic (exact) mass is 794 g/mol. The molecule has 2 fully saturated rings. The van der Waals surface area contributed by atoms with Gasteiger partial charge in [-0.2, -0.15) is 0 Å². The maximum absolute atomic E-state index is 12.4. The first-order chi connectivity index (χ1) is 27.9. The molecular formula is C49H57F3N2O4. The smallest absolute Gasteiger partial charge is 0.496 e. The van der Waals surface area contributed by atoms with Crippen LogP contribution in [0.1, 0.15) is 85.6 Å². The number of nitrogens with one attached hydrogen (secondary N) is 1. The molecule has 1 heterocycles. The maximum atomic E-state index is 12.4. The summed E-state index contributed by atoms with van der Waals surface area (Å²) in [6.07, 6.45) is 0.830. The summed E-state index contributed by atoms with van der Waals surface area (Å²) >= 11 is 0. The zero-order valence-corrected chi connectivity index (χ0v) is 34.8. The lowest BCUT2D eigenvalue weighted by Crippen LogP contribution is -2.38. The number of aryl methyl sites for hydroxylation is 1. The van der Waals surface area contributed by atoms with Crippen molar-refractivity contribution >= 4 is 5.69 Å². The number of alkyl halides is 3. The Morgan fingerprint density at radius 1 is 0.724 bits per heavy atom. The second-order valence-corrected chi connectivity index (χ2v) is 15.6. The van der Waals surface area contributed by atoms with E-state index >= 15 is 0 Å². The van der Waals surface area contributed by atoms with Crippen LogP contribution in [0.25, 0.3) is 22.3 Å². The van der Waals surface area contributed by atoms with Gasteiger partial charge in [-0.1, -0.05) is 67.9 Å². The van der Waals surface area contributed by atoms with Crippen molar-refractivity contribution < 1.29 is 32.1 Å². The third kappa shape index (κ3) is 11.1. The van der Waals surface area contributed by atoms with Crippen LogP contribution in [0, 0.1) is 13.8 Å². The Kier molecular flexibility index (Phi) is 14.0. The number of nitrogens with zero attached hydrogens (tertiary/aromatic N) is 1. The van der Waals surface area contributed by atoms with Crippen molar-refractivity contribution in [3.63, 3.8) is 0 Å². The number of benzene rings is 5. The highest BCUT2D eigenvalue weighted by atomic mass is 19.4. The molecule has 58 heavy (non-hydrogen) atoms. The largest absolute Gasteiger partial charge is 0.573 e. The van der Waals surface area contributed by atoms with E-state index in [-0.39, 0.29) is 11.8 Å². The summed E-state index contributed by atoms with van der Waals surface area (Å²) in [6, 6.07) is 32.3. The molecule has 7 rings (SSSR count). The molecule has 1 saturated carbocycles. The summed E-state index contributed by atoms with van der Waals surface area (Å²) in [5.41, 5.74) is 12.0. The molecule has 0 radical (unpaired) electrons. The van der Waals surface area contributed by atoms with Gasteiger partial charge in [-0.15, -0.1) is 13.2 Å².